The van der Waals surface area contributed by atoms with Gasteiger partial charge in [0.1, 0.15) is 5.65 Å². The molecule has 2 aromatic heterocycles. The van der Waals surface area contributed by atoms with Gasteiger partial charge in [0.05, 0.1) is 5.69 Å². The van der Waals surface area contributed by atoms with Gasteiger partial charge in [-0.2, -0.15) is 0 Å². The molecule has 90 valence electrons. The van der Waals surface area contributed by atoms with E-state index in [0.717, 1.165) is 22.6 Å². The average Bonchev–Trinajstić information content (AvgIpc) is 2.83. The van der Waals surface area contributed by atoms with E-state index in [9.17, 15) is 0 Å². The Labute approximate surface area is 106 Å². The first-order chi connectivity index (χ1) is 8.78. The highest BCUT2D eigenvalue weighted by Gasteiger charge is 2.05. The Morgan fingerprint density at radius 3 is 2.61 bits per heavy atom. The number of imidazole rings is 1. The molecule has 0 aliphatic rings. The SMILES string of the molecule is Cc1ccc(-c2cn3c(CN)cccc3n2)cc1. The van der Waals surface area contributed by atoms with Crippen LogP contribution in [0.5, 0.6) is 0 Å². The number of pyridine rings is 1. The fraction of sp³-hybridized carbons (Fsp3) is 0.133. The molecule has 0 spiro atoms. The molecular weight excluding hydrogens is 222 g/mol. The van der Waals surface area contributed by atoms with Crippen LogP contribution in [0.15, 0.2) is 48.7 Å². The highest BCUT2D eigenvalue weighted by molar-refractivity contribution is 5.63. The smallest absolute Gasteiger partial charge is 0.137 e. The minimum Gasteiger partial charge on any atom is -0.325 e. The van der Waals surface area contributed by atoms with Crippen molar-refractivity contribution in [2.24, 2.45) is 5.73 Å². The molecule has 3 heteroatoms. The van der Waals surface area contributed by atoms with Crippen LogP contribution in [0.1, 0.15) is 11.3 Å². The molecule has 3 rings (SSSR count). The van der Waals surface area contributed by atoms with E-state index < -0.39 is 0 Å². The number of rotatable bonds is 2. The fourth-order valence-electron chi connectivity index (χ4n) is 2.10. The molecule has 0 saturated carbocycles. The van der Waals surface area contributed by atoms with Crippen LogP contribution in [0.3, 0.4) is 0 Å². The second kappa shape index (κ2) is 4.27. The third-order valence-corrected chi connectivity index (χ3v) is 3.13. The maximum absolute atomic E-state index is 5.74. The van der Waals surface area contributed by atoms with Crippen LogP contribution in [0.2, 0.25) is 0 Å². The summed E-state index contributed by atoms with van der Waals surface area (Å²) in [5, 5.41) is 0. The first-order valence-electron chi connectivity index (χ1n) is 6.02. The maximum Gasteiger partial charge on any atom is 0.137 e. The zero-order valence-electron chi connectivity index (χ0n) is 10.3. The largest absolute Gasteiger partial charge is 0.325 e. The third-order valence-electron chi connectivity index (χ3n) is 3.13. The Bertz CT molecular complexity index is 681. The Kier molecular flexibility index (Phi) is 2.61. The van der Waals surface area contributed by atoms with Crippen LogP contribution < -0.4 is 5.73 Å². The van der Waals surface area contributed by atoms with Gasteiger partial charge in [-0.05, 0) is 19.1 Å². The molecule has 0 amide bonds. The number of nitrogens with zero attached hydrogens (tertiary/aromatic N) is 2. The van der Waals surface area contributed by atoms with E-state index in [0.29, 0.717) is 6.54 Å². The maximum atomic E-state index is 5.74. The summed E-state index contributed by atoms with van der Waals surface area (Å²) in [4.78, 5) is 4.63. The second-order valence-corrected chi connectivity index (χ2v) is 4.44. The van der Waals surface area contributed by atoms with Crippen LogP contribution in [0.25, 0.3) is 16.9 Å². The topological polar surface area (TPSA) is 43.3 Å². The van der Waals surface area contributed by atoms with E-state index in [1.165, 1.54) is 5.56 Å². The highest BCUT2D eigenvalue weighted by atomic mass is 15.0. The molecule has 0 saturated heterocycles. The summed E-state index contributed by atoms with van der Waals surface area (Å²) < 4.78 is 2.05. The minimum atomic E-state index is 0.515. The van der Waals surface area contributed by atoms with E-state index in [1.807, 2.05) is 24.4 Å². The lowest BCUT2D eigenvalue weighted by Gasteiger charge is -2.00. The van der Waals surface area contributed by atoms with Gasteiger partial charge >= 0.3 is 0 Å². The van der Waals surface area contributed by atoms with E-state index >= 15 is 0 Å². The van der Waals surface area contributed by atoms with Crippen LogP contribution in [-0.2, 0) is 6.54 Å². The van der Waals surface area contributed by atoms with Crippen molar-refractivity contribution in [2.45, 2.75) is 13.5 Å². The zero-order chi connectivity index (χ0) is 12.5. The van der Waals surface area contributed by atoms with Gasteiger partial charge in [0.25, 0.3) is 0 Å². The van der Waals surface area contributed by atoms with Crippen molar-refractivity contribution in [3.8, 4) is 11.3 Å². The molecule has 2 N–H and O–H groups in total. The Morgan fingerprint density at radius 2 is 1.89 bits per heavy atom. The molecule has 0 aliphatic heterocycles. The second-order valence-electron chi connectivity index (χ2n) is 4.44. The van der Waals surface area contributed by atoms with Crippen molar-refractivity contribution in [3.63, 3.8) is 0 Å². The molecule has 0 bridgehead atoms. The molecule has 3 aromatic rings. The molecule has 1 aromatic carbocycles. The number of aromatic nitrogens is 2. The van der Waals surface area contributed by atoms with Gasteiger partial charge < -0.3 is 10.1 Å². The number of hydrogen-bond donors (Lipinski definition) is 1. The van der Waals surface area contributed by atoms with Crippen molar-refractivity contribution in [1.29, 1.82) is 0 Å². The predicted molar refractivity (Wildman–Crippen MR) is 73.3 cm³/mol. The molecule has 2 heterocycles. The summed E-state index contributed by atoms with van der Waals surface area (Å²) in [6, 6.07) is 14.4. The summed E-state index contributed by atoms with van der Waals surface area (Å²) in [6.07, 6.45) is 2.04. The van der Waals surface area contributed by atoms with Crippen molar-refractivity contribution >= 4 is 5.65 Å². The van der Waals surface area contributed by atoms with Gasteiger partial charge in [-0.15, -0.1) is 0 Å². The van der Waals surface area contributed by atoms with Gasteiger partial charge in [0.2, 0.25) is 0 Å². The van der Waals surface area contributed by atoms with E-state index in [2.05, 4.69) is 40.6 Å². The quantitative estimate of drug-likeness (QED) is 0.744. The lowest BCUT2D eigenvalue weighted by Crippen LogP contribution is -2.02. The molecule has 0 fully saturated rings. The number of fused-ring (bicyclic) bond motifs is 1. The van der Waals surface area contributed by atoms with E-state index in [-0.39, 0.29) is 0 Å². The van der Waals surface area contributed by atoms with Gasteiger partial charge in [-0.25, -0.2) is 4.98 Å². The molecule has 0 atom stereocenters. The zero-order valence-corrected chi connectivity index (χ0v) is 10.3. The number of nitrogens with two attached hydrogens (primary N) is 1. The minimum absolute atomic E-state index is 0.515. The lowest BCUT2D eigenvalue weighted by atomic mass is 10.1. The summed E-state index contributed by atoms with van der Waals surface area (Å²) in [5.74, 6) is 0. The highest BCUT2D eigenvalue weighted by Crippen LogP contribution is 2.20. The van der Waals surface area contributed by atoms with Crippen LogP contribution in [0, 0.1) is 6.92 Å². The van der Waals surface area contributed by atoms with Crippen LogP contribution in [0.4, 0.5) is 0 Å². The lowest BCUT2D eigenvalue weighted by molar-refractivity contribution is 0.946. The van der Waals surface area contributed by atoms with Crippen molar-refractivity contribution in [3.05, 3.63) is 59.9 Å². The van der Waals surface area contributed by atoms with Crippen LogP contribution >= 0.6 is 0 Å². The molecule has 0 radical (unpaired) electrons. The van der Waals surface area contributed by atoms with Crippen molar-refractivity contribution in [2.75, 3.05) is 0 Å². The fourth-order valence-corrected chi connectivity index (χ4v) is 2.10. The number of benzene rings is 1. The third kappa shape index (κ3) is 1.79. The predicted octanol–water partition coefficient (Wildman–Crippen LogP) is 2.77. The summed E-state index contributed by atoms with van der Waals surface area (Å²) in [6.45, 7) is 2.60. The van der Waals surface area contributed by atoms with E-state index in [1.54, 1.807) is 0 Å². The van der Waals surface area contributed by atoms with Gasteiger partial charge in [0, 0.05) is 24.0 Å². The Hall–Kier alpha value is -2.13. The monoisotopic (exact) mass is 237 g/mol. The van der Waals surface area contributed by atoms with Crippen molar-refractivity contribution in [1.82, 2.24) is 9.38 Å². The number of aryl methyl sites for hydroxylation is 1. The first-order valence-corrected chi connectivity index (χ1v) is 6.02. The first kappa shape index (κ1) is 11.0. The normalized spacial score (nSPS) is 11.0. The standard InChI is InChI=1S/C15H15N3/c1-11-5-7-12(8-6-11)14-10-18-13(9-16)3-2-4-15(18)17-14/h2-8,10H,9,16H2,1H3. The Balaban J connectivity index is 2.16. The summed E-state index contributed by atoms with van der Waals surface area (Å²) in [7, 11) is 0. The molecule has 3 nitrogen and oxygen atoms in total. The Morgan fingerprint density at radius 1 is 1.11 bits per heavy atom. The molecular formula is C15H15N3. The average molecular weight is 237 g/mol. The molecule has 0 unspecified atom stereocenters. The van der Waals surface area contributed by atoms with Crippen LogP contribution in [-0.4, -0.2) is 9.38 Å². The molecule has 18 heavy (non-hydrogen) atoms. The molecule has 0 aliphatic carbocycles. The van der Waals surface area contributed by atoms with Crippen molar-refractivity contribution < 1.29 is 0 Å². The van der Waals surface area contributed by atoms with Gasteiger partial charge in [-0.3, -0.25) is 0 Å². The summed E-state index contributed by atoms with van der Waals surface area (Å²) >= 11 is 0. The van der Waals surface area contributed by atoms with Gasteiger partial charge in [-0.1, -0.05) is 35.9 Å². The van der Waals surface area contributed by atoms with Gasteiger partial charge in [0.15, 0.2) is 0 Å². The summed E-state index contributed by atoms with van der Waals surface area (Å²) in [5.41, 5.74) is 11.1. The number of hydrogen-bond acceptors (Lipinski definition) is 2. The van der Waals surface area contributed by atoms with E-state index in [4.69, 9.17) is 5.73 Å².